The first-order valence-corrected chi connectivity index (χ1v) is 6.98. The van der Waals surface area contributed by atoms with E-state index in [0.29, 0.717) is 27.0 Å². The largest absolute Gasteiger partial charge is 0.376 e. The fraction of sp³-hybridized carbons (Fsp3) is 0.214. The molecule has 21 heavy (non-hydrogen) atoms. The molecule has 5 nitrogen and oxygen atoms in total. The number of aryl methyl sites for hydroxylation is 1. The molecule has 0 aliphatic heterocycles. The smallest absolute Gasteiger partial charge is 0.278 e. The SMILES string of the molecule is Cc1cnc(CNc2c(F)cccc2Br)c(C)c1[N+](=O)[O-]. The van der Waals surface area contributed by atoms with Gasteiger partial charge >= 0.3 is 0 Å². The third-order valence-corrected chi connectivity index (χ3v) is 3.81. The Hall–Kier alpha value is -2.02. The van der Waals surface area contributed by atoms with E-state index in [9.17, 15) is 14.5 Å². The lowest BCUT2D eigenvalue weighted by Crippen LogP contribution is -2.08. The number of anilines is 1. The third-order valence-electron chi connectivity index (χ3n) is 3.15. The Morgan fingerprint density at radius 2 is 2.14 bits per heavy atom. The quantitative estimate of drug-likeness (QED) is 0.663. The first-order valence-electron chi connectivity index (χ1n) is 6.19. The highest BCUT2D eigenvalue weighted by molar-refractivity contribution is 9.10. The van der Waals surface area contributed by atoms with E-state index in [1.54, 1.807) is 26.0 Å². The van der Waals surface area contributed by atoms with Crippen molar-refractivity contribution in [1.82, 2.24) is 4.98 Å². The second-order valence-electron chi connectivity index (χ2n) is 4.57. The van der Waals surface area contributed by atoms with Gasteiger partial charge in [-0.15, -0.1) is 0 Å². The topological polar surface area (TPSA) is 68.1 Å². The Bertz CT molecular complexity index is 687. The van der Waals surface area contributed by atoms with Gasteiger partial charge in [-0.2, -0.15) is 0 Å². The Morgan fingerprint density at radius 3 is 2.76 bits per heavy atom. The standard InChI is InChI=1S/C14H13BrFN3O2/c1-8-6-17-12(9(2)14(8)19(20)21)7-18-13-10(15)4-3-5-11(13)16/h3-6,18H,7H2,1-2H3. The van der Waals surface area contributed by atoms with Gasteiger partial charge in [-0.25, -0.2) is 4.39 Å². The Labute approximate surface area is 129 Å². The highest BCUT2D eigenvalue weighted by Gasteiger charge is 2.18. The van der Waals surface area contributed by atoms with Crippen molar-refractivity contribution in [3.05, 3.63) is 61.6 Å². The van der Waals surface area contributed by atoms with Crippen LogP contribution in [-0.4, -0.2) is 9.91 Å². The highest BCUT2D eigenvalue weighted by Crippen LogP contribution is 2.28. The zero-order valence-corrected chi connectivity index (χ0v) is 13.1. The summed E-state index contributed by atoms with van der Waals surface area (Å²) in [6, 6.07) is 4.64. The van der Waals surface area contributed by atoms with Crippen LogP contribution in [0.2, 0.25) is 0 Å². The maximum Gasteiger partial charge on any atom is 0.278 e. The van der Waals surface area contributed by atoms with Crippen LogP contribution in [0.4, 0.5) is 15.8 Å². The van der Waals surface area contributed by atoms with Gasteiger partial charge in [-0.3, -0.25) is 15.1 Å². The number of rotatable bonds is 4. The number of para-hydroxylation sites is 1. The Morgan fingerprint density at radius 1 is 1.43 bits per heavy atom. The summed E-state index contributed by atoms with van der Waals surface area (Å²) in [5, 5.41) is 14.0. The summed E-state index contributed by atoms with van der Waals surface area (Å²) in [6.07, 6.45) is 1.46. The summed E-state index contributed by atoms with van der Waals surface area (Å²) in [5.41, 5.74) is 1.87. The molecule has 0 unspecified atom stereocenters. The van der Waals surface area contributed by atoms with Gasteiger partial charge in [0.2, 0.25) is 0 Å². The van der Waals surface area contributed by atoms with Crippen LogP contribution in [0.5, 0.6) is 0 Å². The van der Waals surface area contributed by atoms with Gasteiger partial charge in [0.25, 0.3) is 5.69 Å². The molecule has 2 aromatic rings. The molecule has 7 heteroatoms. The summed E-state index contributed by atoms with van der Waals surface area (Å²) in [7, 11) is 0. The molecule has 0 bridgehead atoms. The fourth-order valence-corrected chi connectivity index (χ4v) is 2.55. The van der Waals surface area contributed by atoms with Crippen molar-refractivity contribution in [3.63, 3.8) is 0 Å². The van der Waals surface area contributed by atoms with E-state index in [-0.39, 0.29) is 12.2 Å². The molecule has 0 amide bonds. The summed E-state index contributed by atoms with van der Waals surface area (Å²) >= 11 is 3.26. The monoisotopic (exact) mass is 353 g/mol. The first kappa shape index (κ1) is 15.4. The van der Waals surface area contributed by atoms with E-state index < -0.39 is 10.7 Å². The normalized spacial score (nSPS) is 10.5. The minimum Gasteiger partial charge on any atom is -0.376 e. The van der Waals surface area contributed by atoms with E-state index in [1.165, 1.54) is 12.3 Å². The molecule has 0 fully saturated rings. The predicted octanol–water partition coefficient (Wildman–Crippen LogP) is 4.12. The second kappa shape index (κ2) is 6.17. The molecule has 0 aliphatic rings. The molecule has 0 aliphatic carbocycles. The lowest BCUT2D eigenvalue weighted by atomic mass is 10.1. The molecule has 0 atom stereocenters. The van der Waals surface area contributed by atoms with E-state index in [4.69, 9.17) is 0 Å². The van der Waals surface area contributed by atoms with Crippen molar-refractivity contribution in [1.29, 1.82) is 0 Å². The van der Waals surface area contributed by atoms with Gasteiger partial charge in [-0.1, -0.05) is 6.07 Å². The highest BCUT2D eigenvalue weighted by atomic mass is 79.9. The predicted molar refractivity (Wildman–Crippen MR) is 81.8 cm³/mol. The average molecular weight is 354 g/mol. The number of nitrogens with one attached hydrogen (secondary N) is 1. The van der Waals surface area contributed by atoms with Gasteiger partial charge in [0.1, 0.15) is 5.82 Å². The summed E-state index contributed by atoms with van der Waals surface area (Å²) in [5.74, 6) is -0.399. The number of hydrogen-bond donors (Lipinski definition) is 1. The van der Waals surface area contributed by atoms with Gasteiger partial charge in [0.15, 0.2) is 0 Å². The number of hydrogen-bond acceptors (Lipinski definition) is 4. The Kier molecular flexibility index (Phi) is 4.52. The zero-order valence-electron chi connectivity index (χ0n) is 11.5. The van der Waals surface area contributed by atoms with Crippen LogP contribution in [0.3, 0.4) is 0 Å². The van der Waals surface area contributed by atoms with E-state index in [1.807, 2.05) is 0 Å². The molecular weight excluding hydrogens is 341 g/mol. The van der Waals surface area contributed by atoms with Gasteiger partial charge in [0, 0.05) is 16.2 Å². The van der Waals surface area contributed by atoms with Crippen molar-refractivity contribution < 1.29 is 9.31 Å². The van der Waals surface area contributed by atoms with Crippen LogP contribution in [0.15, 0.2) is 28.9 Å². The van der Waals surface area contributed by atoms with Crippen molar-refractivity contribution in [2.24, 2.45) is 0 Å². The van der Waals surface area contributed by atoms with Gasteiger partial charge in [-0.05, 0) is 41.9 Å². The maximum atomic E-state index is 13.7. The number of benzene rings is 1. The second-order valence-corrected chi connectivity index (χ2v) is 5.42. The summed E-state index contributed by atoms with van der Waals surface area (Å²) < 4.78 is 14.3. The van der Waals surface area contributed by atoms with Crippen LogP contribution in [0, 0.1) is 29.8 Å². The fourth-order valence-electron chi connectivity index (χ4n) is 2.06. The maximum absolute atomic E-state index is 13.7. The van der Waals surface area contributed by atoms with E-state index in [0.717, 1.165) is 0 Å². The lowest BCUT2D eigenvalue weighted by Gasteiger charge is -2.11. The molecule has 1 aromatic carbocycles. The molecule has 0 radical (unpaired) electrons. The van der Waals surface area contributed by atoms with Gasteiger partial charge < -0.3 is 5.32 Å². The minimum atomic E-state index is -0.422. The van der Waals surface area contributed by atoms with Crippen molar-refractivity contribution >= 4 is 27.3 Å². The zero-order chi connectivity index (χ0) is 15.6. The van der Waals surface area contributed by atoms with Crippen molar-refractivity contribution in [2.75, 3.05) is 5.32 Å². The Balaban J connectivity index is 2.29. The number of halogens is 2. The molecule has 1 N–H and O–H groups in total. The molecule has 1 heterocycles. The number of pyridine rings is 1. The number of aromatic nitrogens is 1. The molecular formula is C14H13BrFN3O2. The van der Waals surface area contributed by atoms with Crippen LogP contribution >= 0.6 is 15.9 Å². The number of nitro groups is 1. The molecule has 0 spiro atoms. The van der Waals surface area contributed by atoms with Crippen LogP contribution in [-0.2, 0) is 6.54 Å². The van der Waals surface area contributed by atoms with Crippen LogP contribution in [0.25, 0.3) is 0 Å². The van der Waals surface area contributed by atoms with Crippen LogP contribution in [0.1, 0.15) is 16.8 Å². The molecule has 0 saturated carbocycles. The molecule has 1 aromatic heterocycles. The summed E-state index contributed by atoms with van der Waals surface area (Å²) in [6.45, 7) is 3.49. The van der Waals surface area contributed by atoms with Crippen LogP contribution < -0.4 is 5.32 Å². The van der Waals surface area contributed by atoms with Gasteiger partial charge in [0.05, 0.1) is 28.4 Å². The molecule has 0 saturated heterocycles. The minimum absolute atomic E-state index is 0.0504. The van der Waals surface area contributed by atoms with Crippen molar-refractivity contribution in [2.45, 2.75) is 20.4 Å². The lowest BCUT2D eigenvalue weighted by molar-refractivity contribution is -0.386. The molecule has 110 valence electrons. The average Bonchev–Trinajstić information content (AvgIpc) is 2.40. The first-order chi connectivity index (χ1) is 9.91. The summed E-state index contributed by atoms with van der Waals surface area (Å²) in [4.78, 5) is 14.8. The van der Waals surface area contributed by atoms with Crippen molar-refractivity contribution in [3.8, 4) is 0 Å². The number of nitrogens with zero attached hydrogens (tertiary/aromatic N) is 2. The van der Waals surface area contributed by atoms with E-state index >= 15 is 0 Å². The molecule has 2 rings (SSSR count). The third kappa shape index (κ3) is 3.18. The van der Waals surface area contributed by atoms with E-state index in [2.05, 4.69) is 26.2 Å².